The van der Waals surface area contributed by atoms with E-state index in [-0.39, 0.29) is 5.78 Å². The van der Waals surface area contributed by atoms with Gasteiger partial charge in [0.15, 0.2) is 11.4 Å². The Kier molecular flexibility index (Phi) is 5.72. The summed E-state index contributed by atoms with van der Waals surface area (Å²) in [5, 5.41) is 12.2. The van der Waals surface area contributed by atoms with Gasteiger partial charge >= 0.3 is 0 Å². The van der Waals surface area contributed by atoms with Crippen molar-refractivity contribution in [3.63, 3.8) is 0 Å². The first-order chi connectivity index (χ1) is 13.2. The fourth-order valence-electron chi connectivity index (χ4n) is 4.52. The number of nitrogens with one attached hydrogen (secondary N) is 2. The van der Waals surface area contributed by atoms with Crippen LogP contribution in [-0.2, 0) is 7.05 Å². The summed E-state index contributed by atoms with van der Waals surface area (Å²) in [6, 6.07) is 4.00. The van der Waals surface area contributed by atoms with E-state index in [0.717, 1.165) is 55.2 Å². The Balaban J connectivity index is 1.46. The van der Waals surface area contributed by atoms with Crippen LogP contribution >= 0.6 is 0 Å². The molecule has 0 aromatic carbocycles. The molecule has 2 fully saturated rings. The molecule has 1 aliphatic carbocycles. The smallest absolute Gasteiger partial charge is 0.184 e. The van der Waals surface area contributed by atoms with Crippen LogP contribution in [0.1, 0.15) is 61.9 Å². The normalized spacial score (nSPS) is 19.4. The summed E-state index contributed by atoms with van der Waals surface area (Å²) in [6.07, 6.45) is 9.45. The summed E-state index contributed by atoms with van der Waals surface area (Å²) in [6.45, 7) is 3.01. The van der Waals surface area contributed by atoms with Gasteiger partial charge in [-0.3, -0.25) is 4.79 Å². The van der Waals surface area contributed by atoms with Crippen LogP contribution in [0, 0.1) is 11.8 Å². The molecule has 0 unspecified atom stereocenters. The number of carbonyl (C=O) groups excluding carboxylic acids is 1. The summed E-state index contributed by atoms with van der Waals surface area (Å²) < 4.78 is 1.75. The number of nitrogens with zero attached hydrogens (tertiary/aromatic N) is 3. The summed E-state index contributed by atoms with van der Waals surface area (Å²) in [7, 11) is 1.88. The highest BCUT2D eigenvalue weighted by Gasteiger charge is 2.22. The van der Waals surface area contributed by atoms with Gasteiger partial charge in [0.25, 0.3) is 0 Å². The standard InChI is InChI=1S/C21H31N5O/c1-26-21-17(20(25-26)18(27)13-15-9-11-22-12-10-15)7-8-19(24-21)23-14-16-5-3-2-4-6-16/h7-8,15-16,22H,2-6,9-14H2,1H3,(H,23,24). The number of Topliss-reactive ketones (excluding diaryl/α,β-unsaturated/α-hetero) is 1. The van der Waals surface area contributed by atoms with E-state index >= 15 is 0 Å². The van der Waals surface area contributed by atoms with Gasteiger partial charge in [0, 0.05) is 20.0 Å². The van der Waals surface area contributed by atoms with E-state index in [9.17, 15) is 4.79 Å². The lowest BCUT2D eigenvalue weighted by atomic mass is 9.89. The maximum absolute atomic E-state index is 12.8. The molecule has 1 saturated carbocycles. The molecule has 6 heteroatoms. The van der Waals surface area contributed by atoms with Crippen LogP contribution in [0.3, 0.4) is 0 Å². The minimum Gasteiger partial charge on any atom is -0.370 e. The number of fused-ring (bicyclic) bond motifs is 1. The van der Waals surface area contributed by atoms with Crippen LogP contribution in [0.15, 0.2) is 12.1 Å². The minimum atomic E-state index is 0.150. The van der Waals surface area contributed by atoms with Gasteiger partial charge in [-0.15, -0.1) is 0 Å². The summed E-state index contributed by atoms with van der Waals surface area (Å²) in [5.41, 5.74) is 1.37. The predicted molar refractivity (Wildman–Crippen MR) is 108 cm³/mol. The number of pyridine rings is 1. The van der Waals surface area contributed by atoms with E-state index in [1.165, 1.54) is 32.1 Å². The topological polar surface area (TPSA) is 71.8 Å². The van der Waals surface area contributed by atoms with Gasteiger partial charge in [-0.1, -0.05) is 19.3 Å². The Hall–Kier alpha value is -1.95. The fraction of sp³-hybridized carbons (Fsp3) is 0.667. The van der Waals surface area contributed by atoms with Crippen molar-refractivity contribution < 1.29 is 4.79 Å². The van der Waals surface area contributed by atoms with Gasteiger partial charge in [0.1, 0.15) is 11.5 Å². The van der Waals surface area contributed by atoms with Gasteiger partial charge < -0.3 is 10.6 Å². The molecule has 146 valence electrons. The van der Waals surface area contributed by atoms with Crippen molar-refractivity contribution >= 4 is 22.6 Å². The van der Waals surface area contributed by atoms with Crippen LogP contribution in [0.4, 0.5) is 5.82 Å². The third-order valence-corrected chi connectivity index (χ3v) is 6.18. The van der Waals surface area contributed by atoms with E-state index in [4.69, 9.17) is 4.98 Å². The average molecular weight is 370 g/mol. The molecule has 0 radical (unpaired) electrons. The third-order valence-electron chi connectivity index (χ3n) is 6.18. The molecule has 0 atom stereocenters. The second-order valence-corrected chi connectivity index (χ2v) is 8.25. The molecule has 6 nitrogen and oxygen atoms in total. The molecule has 4 rings (SSSR count). The van der Waals surface area contributed by atoms with Crippen LogP contribution in [0.5, 0.6) is 0 Å². The lowest BCUT2D eigenvalue weighted by molar-refractivity contribution is 0.0948. The molecule has 1 saturated heterocycles. The molecule has 1 aliphatic heterocycles. The van der Waals surface area contributed by atoms with Crippen molar-refractivity contribution in [3.8, 4) is 0 Å². The maximum atomic E-state index is 12.8. The number of piperidine rings is 1. The first-order valence-electron chi connectivity index (χ1n) is 10.5. The van der Waals surface area contributed by atoms with Crippen molar-refractivity contribution in [3.05, 3.63) is 17.8 Å². The number of aromatic nitrogens is 3. The van der Waals surface area contributed by atoms with Crippen molar-refractivity contribution in [2.24, 2.45) is 18.9 Å². The molecule has 2 aliphatic rings. The largest absolute Gasteiger partial charge is 0.370 e. The molecule has 3 heterocycles. The van der Waals surface area contributed by atoms with Gasteiger partial charge in [-0.25, -0.2) is 9.67 Å². The Labute approximate surface area is 161 Å². The van der Waals surface area contributed by atoms with E-state index in [1.54, 1.807) is 4.68 Å². The molecule has 0 bridgehead atoms. The van der Waals surface area contributed by atoms with Gasteiger partial charge in [-0.2, -0.15) is 5.10 Å². The molecule has 2 aromatic rings. The number of hydrogen-bond donors (Lipinski definition) is 2. The van der Waals surface area contributed by atoms with Gasteiger partial charge in [-0.05, 0) is 62.7 Å². The number of ketones is 1. The first kappa shape index (κ1) is 18.4. The average Bonchev–Trinajstić information content (AvgIpc) is 3.04. The number of anilines is 1. The van der Waals surface area contributed by atoms with Crippen molar-refractivity contribution in [2.75, 3.05) is 25.0 Å². The quantitative estimate of drug-likeness (QED) is 0.762. The number of aryl methyl sites for hydroxylation is 1. The predicted octanol–water partition coefficient (Wildman–Crippen LogP) is 3.53. The van der Waals surface area contributed by atoms with Crippen molar-refractivity contribution in [2.45, 2.75) is 51.4 Å². The van der Waals surface area contributed by atoms with E-state index in [0.29, 0.717) is 18.0 Å². The monoisotopic (exact) mass is 369 g/mol. The molecule has 2 aromatic heterocycles. The highest BCUT2D eigenvalue weighted by molar-refractivity contribution is 6.05. The van der Waals surface area contributed by atoms with Crippen LogP contribution in [0.25, 0.3) is 11.0 Å². The fourth-order valence-corrected chi connectivity index (χ4v) is 4.52. The summed E-state index contributed by atoms with van der Waals surface area (Å²) >= 11 is 0. The van der Waals surface area contributed by atoms with E-state index in [2.05, 4.69) is 15.7 Å². The SMILES string of the molecule is Cn1nc(C(=O)CC2CCNCC2)c2ccc(NCC3CCCCC3)nc21. The van der Waals surface area contributed by atoms with Gasteiger partial charge in [0.05, 0.1) is 5.39 Å². The highest BCUT2D eigenvalue weighted by Crippen LogP contribution is 2.26. The zero-order valence-corrected chi connectivity index (χ0v) is 16.3. The Morgan fingerprint density at radius 1 is 1.15 bits per heavy atom. The number of rotatable bonds is 6. The molecule has 2 N–H and O–H groups in total. The molecular formula is C21H31N5O. The number of carbonyl (C=O) groups is 1. The lowest BCUT2D eigenvalue weighted by Crippen LogP contribution is -2.29. The van der Waals surface area contributed by atoms with Crippen molar-refractivity contribution in [1.29, 1.82) is 0 Å². The van der Waals surface area contributed by atoms with E-state index in [1.807, 2.05) is 19.2 Å². The van der Waals surface area contributed by atoms with Crippen LogP contribution in [-0.4, -0.2) is 40.2 Å². The highest BCUT2D eigenvalue weighted by atomic mass is 16.1. The molecule has 0 spiro atoms. The van der Waals surface area contributed by atoms with Crippen LogP contribution in [0.2, 0.25) is 0 Å². The Bertz CT molecular complexity index is 787. The second kappa shape index (κ2) is 8.38. The molecule has 27 heavy (non-hydrogen) atoms. The second-order valence-electron chi connectivity index (χ2n) is 8.25. The molecule has 0 amide bonds. The molecular weight excluding hydrogens is 338 g/mol. The number of hydrogen-bond acceptors (Lipinski definition) is 5. The van der Waals surface area contributed by atoms with Crippen molar-refractivity contribution in [1.82, 2.24) is 20.1 Å². The lowest BCUT2D eigenvalue weighted by Gasteiger charge is -2.22. The Morgan fingerprint density at radius 2 is 1.93 bits per heavy atom. The zero-order valence-electron chi connectivity index (χ0n) is 16.3. The third kappa shape index (κ3) is 4.32. The zero-order chi connectivity index (χ0) is 18.6. The van der Waals surface area contributed by atoms with E-state index < -0.39 is 0 Å². The minimum absolute atomic E-state index is 0.150. The van der Waals surface area contributed by atoms with Crippen LogP contribution < -0.4 is 10.6 Å². The maximum Gasteiger partial charge on any atom is 0.184 e. The van der Waals surface area contributed by atoms with Gasteiger partial charge in [0.2, 0.25) is 0 Å². The summed E-state index contributed by atoms with van der Waals surface area (Å²) in [4.78, 5) is 17.6. The Morgan fingerprint density at radius 3 is 2.70 bits per heavy atom. The first-order valence-corrected chi connectivity index (χ1v) is 10.5. The summed E-state index contributed by atoms with van der Waals surface area (Å²) in [5.74, 6) is 2.26.